The van der Waals surface area contributed by atoms with Gasteiger partial charge in [-0.1, -0.05) is 0 Å². The van der Waals surface area contributed by atoms with Crippen LogP contribution in [0.4, 0.5) is 9.93 Å². The van der Waals surface area contributed by atoms with Crippen molar-refractivity contribution in [3.05, 3.63) is 23.7 Å². The number of nitrogens with zero attached hydrogens (tertiary/aromatic N) is 1. The lowest BCUT2D eigenvalue weighted by Gasteiger charge is -2.21. The van der Waals surface area contributed by atoms with Gasteiger partial charge in [-0.05, 0) is 39.8 Å². The van der Waals surface area contributed by atoms with Crippen molar-refractivity contribution in [2.45, 2.75) is 39.3 Å². The first-order valence-electron chi connectivity index (χ1n) is 7.14. The van der Waals surface area contributed by atoms with Gasteiger partial charge in [0.1, 0.15) is 11.6 Å². The molecule has 0 fully saturated rings. The molecule has 124 valence electrons. The van der Waals surface area contributed by atoms with Crippen LogP contribution in [0.5, 0.6) is 0 Å². The summed E-state index contributed by atoms with van der Waals surface area (Å²) >= 11 is 1.32. The van der Waals surface area contributed by atoms with E-state index in [9.17, 15) is 9.59 Å². The molecule has 0 saturated carbocycles. The second-order valence-electron chi connectivity index (χ2n) is 5.98. The van der Waals surface area contributed by atoms with Crippen molar-refractivity contribution >= 4 is 28.5 Å². The molecule has 8 heteroatoms. The number of aromatic nitrogens is 2. The third-order valence-electron chi connectivity index (χ3n) is 2.73. The zero-order valence-corrected chi connectivity index (χ0v) is 14.3. The van der Waals surface area contributed by atoms with E-state index < -0.39 is 17.7 Å². The van der Waals surface area contributed by atoms with E-state index in [-0.39, 0.29) is 5.91 Å². The largest absolute Gasteiger partial charge is 0.444 e. The first kappa shape index (κ1) is 17.0. The summed E-state index contributed by atoms with van der Waals surface area (Å²) in [6.07, 6.45) is 1.17. The highest BCUT2D eigenvalue weighted by molar-refractivity contribution is 7.14. The minimum atomic E-state index is -0.734. The van der Waals surface area contributed by atoms with Gasteiger partial charge < -0.3 is 20.4 Å². The SMILES string of the molecule is C[C@H](NC(=O)OC(C)(C)C)C(=O)Nc1nc(-c2ccc[nH]2)cs1. The molecule has 3 N–H and O–H groups in total. The molecule has 2 aromatic heterocycles. The van der Waals surface area contributed by atoms with Gasteiger partial charge in [0.2, 0.25) is 5.91 Å². The van der Waals surface area contributed by atoms with E-state index in [2.05, 4.69) is 20.6 Å². The number of hydrogen-bond donors (Lipinski definition) is 3. The summed E-state index contributed by atoms with van der Waals surface area (Å²) in [6.45, 7) is 6.86. The highest BCUT2D eigenvalue weighted by atomic mass is 32.1. The number of carbonyl (C=O) groups is 2. The van der Waals surface area contributed by atoms with Crippen LogP contribution in [0.25, 0.3) is 11.4 Å². The molecule has 0 bridgehead atoms. The molecule has 7 nitrogen and oxygen atoms in total. The third kappa shape index (κ3) is 5.10. The highest BCUT2D eigenvalue weighted by Crippen LogP contribution is 2.23. The zero-order valence-electron chi connectivity index (χ0n) is 13.5. The van der Waals surface area contributed by atoms with Gasteiger partial charge in [0, 0.05) is 11.6 Å². The van der Waals surface area contributed by atoms with E-state index in [1.165, 1.54) is 11.3 Å². The molecular formula is C15H20N4O3S. The van der Waals surface area contributed by atoms with E-state index in [1.54, 1.807) is 33.9 Å². The number of nitrogens with one attached hydrogen (secondary N) is 3. The topological polar surface area (TPSA) is 96.1 Å². The van der Waals surface area contributed by atoms with Crippen molar-refractivity contribution < 1.29 is 14.3 Å². The Bertz CT molecular complexity index is 673. The first-order chi connectivity index (χ1) is 10.7. The molecule has 2 aromatic rings. The normalized spacial score (nSPS) is 12.5. The van der Waals surface area contributed by atoms with Crippen LogP contribution in [0.1, 0.15) is 27.7 Å². The summed E-state index contributed by atoms with van der Waals surface area (Å²) in [5.74, 6) is -0.358. The van der Waals surface area contributed by atoms with Crippen LogP contribution in [-0.4, -0.2) is 33.6 Å². The van der Waals surface area contributed by atoms with E-state index >= 15 is 0 Å². The van der Waals surface area contributed by atoms with Crippen LogP contribution in [0.15, 0.2) is 23.7 Å². The summed E-state index contributed by atoms with van der Waals surface area (Å²) in [6, 6.07) is 3.04. The van der Waals surface area contributed by atoms with Gasteiger partial charge in [-0.3, -0.25) is 4.79 Å². The number of aromatic amines is 1. The number of rotatable bonds is 4. The van der Waals surface area contributed by atoms with Crippen LogP contribution in [0.2, 0.25) is 0 Å². The monoisotopic (exact) mass is 336 g/mol. The third-order valence-corrected chi connectivity index (χ3v) is 3.49. The predicted octanol–water partition coefficient (Wildman–Crippen LogP) is 2.99. The number of hydrogen-bond acceptors (Lipinski definition) is 5. The summed E-state index contributed by atoms with van der Waals surface area (Å²) in [7, 11) is 0. The number of amides is 2. The van der Waals surface area contributed by atoms with Crippen molar-refractivity contribution in [3.8, 4) is 11.4 Å². The van der Waals surface area contributed by atoms with Crippen LogP contribution >= 0.6 is 11.3 Å². The van der Waals surface area contributed by atoms with Gasteiger partial charge in [0.05, 0.1) is 11.4 Å². The van der Waals surface area contributed by atoms with E-state index in [0.29, 0.717) is 5.13 Å². The summed E-state index contributed by atoms with van der Waals surface area (Å²) < 4.78 is 5.11. The molecule has 2 amide bonds. The van der Waals surface area contributed by atoms with Gasteiger partial charge in [0.15, 0.2) is 5.13 Å². The highest BCUT2D eigenvalue weighted by Gasteiger charge is 2.21. The smallest absolute Gasteiger partial charge is 0.408 e. The molecule has 0 radical (unpaired) electrons. The molecule has 2 heterocycles. The summed E-state index contributed by atoms with van der Waals surface area (Å²) in [5, 5.41) is 7.48. The maximum atomic E-state index is 12.1. The molecule has 0 saturated heterocycles. The molecule has 23 heavy (non-hydrogen) atoms. The average molecular weight is 336 g/mol. The number of thiazole rings is 1. The van der Waals surface area contributed by atoms with Crippen molar-refractivity contribution in [2.75, 3.05) is 5.32 Å². The number of H-pyrrole nitrogens is 1. The van der Waals surface area contributed by atoms with E-state index in [4.69, 9.17) is 4.74 Å². The van der Waals surface area contributed by atoms with Crippen molar-refractivity contribution in [2.24, 2.45) is 0 Å². The Balaban J connectivity index is 1.90. The number of ether oxygens (including phenoxy) is 1. The fraction of sp³-hybridized carbons (Fsp3) is 0.400. The Morgan fingerprint density at radius 1 is 1.39 bits per heavy atom. The predicted molar refractivity (Wildman–Crippen MR) is 89.4 cm³/mol. The summed E-state index contributed by atoms with van der Waals surface area (Å²) in [4.78, 5) is 31.1. The Morgan fingerprint density at radius 3 is 2.74 bits per heavy atom. The van der Waals surface area contributed by atoms with Crippen LogP contribution < -0.4 is 10.6 Å². The van der Waals surface area contributed by atoms with Gasteiger partial charge in [0.25, 0.3) is 0 Å². The minimum absolute atomic E-state index is 0.358. The Kier molecular flexibility index (Phi) is 5.05. The second-order valence-corrected chi connectivity index (χ2v) is 6.84. The fourth-order valence-electron chi connectivity index (χ4n) is 1.71. The van der Waals surface area contributed by atoms with Crippen LogP contribution in [0.3, 0.4) is 0 Å². The maximum Gasteiger partial charge on any atom is 0.408 e. The van der Waals surface area contributed by atoms with Crippen molar-refractivity contribution in [1.82, 2.24) is 15.3 Å². The van der Waals surface area contributed by atoms with E-state index in [1.807, 2.05) is 17.5 Å². The Labute approximate surface area is 138 Å². The summed E-state index contributed by atoms with van der Waals surface area (Å²) in [5.41, 5.74) is 1.02. The fourth-order valence-corrected chi connectivity index (χ4v) is 2.42. The molecule has 2 rings (SSSR count). The minimum Gasteiger partial charge on any atom is -0.444 e. The molecule has 0 aromatic carbocycles. The molecule has 0 aliphatic rings. The zero-order chi connectivity index (χ0) is 17.0. The lowest BCUT2D eigenvalue weighted by molar-refractivity contribution is -0.117. The maximum absolute atomic E-state index is 12.1. The van der Waals surface area contributed by atoms with Crippen LogP contribution in [0, 0.1) is 0 Å². The standard InChI is InChI=1S/C15H20N4O3S/c1-9(17-14(21)22-15(2,3)4)12(20)19-13-18-11(8-23-13)10-6-5-7-16-10/h5-9,16H,1-4H3,(H,17,21)(H,18,19,20)/t9-/m0/s1. The van der Waals surface area contributed by atoms with Gasteiger partial charge in [-0.2, -0.15) is 0 Å². The molecule has 0 unspecified atom stereocenters. The Hall–Kier alpha value is -2.35. The first-order valence-corrected chi connectivity index (χ1v) is 8.02. The molecular weight excluding hydrogens is 316 g/mol. The molecule has 0 spiro atoms. The molecule has 0 aliphatic carbocycles. The van der Waals surface area contributed by atoms with E-state index in [0.717, 1.165) is 11.4 Å². The number of carbonyl (C=O) groups excluding carboxylic acids is 2. The molecule has 0 aliphatic heterocycles. The quantitative estimate of drug-likeness (QED) is 0.799. The van der Waals surface area contributed by atoms with Gasteiger partial charge in [-0.25, -0.2) is 9.78 Å². The lowest BCUT2D eigenvalue weighted by atomic mass is 10.2. The van der Waals surface area contributed by atoms with Crippen LogP contribution in [-0.2, 0) is 9.53 Å². The van der Waals surface area contributed by atoms with Crippen molar-refractivity contribution in [1.29, 1.82) is 0 Å². The Morgan fingerprint density at radius 2 is 2.13 bits per heavy atom. The number of anilines is 1. The average Bonchev–Trinajstić information content (AvgIpc) is 3.05. The van der Waals surface area contributed by atoms with Gasteiger partial charge in [-0.15, -0.1) is 11.3 Å². The lowest BCUT2D eigenvalue weighted by Crippen LogP contribution is -2.43. The number of alkyl carbamates (subject to hydrolysis) is 1. The second kappa shape index (κ2) is 6.82. The van der Waals surface area contributed by atoms with Gasteiger partial charge >= 0.3 is 6.09 Å². The molecule has 1 atom stereocenters. The van der Waals surface area contributed by atoms with Crippen molar-refractivity contribution in [3.63, 3.8) is 0 Å².